The lowest BCUT2D eigenvalue weighted by Gasteiger charge is -2.13. The second-order valence-corrected chi connectivity index (χ2v) is 5.10. The molecule has 3 rings (SSSR count). The van der Waals surface area contributed by atoms with Crippen molar-refractivity contribution < 1.29 is 4.42 Å². The minimum absolute atomic E-state index is 0.728. The van der Waals surface area contributed by atoms with Crippen LogP contribution in [0, 0.1) is 11.8 Å². The van der Waals surface area contributed by atoms with Crippen molar-refractivity contribution in [2.45, 2.75) is 6.54 Å². The van der Waals surface area contributed by atoms with Crippen LogP contribution in [0.1, 0.15) is 11.1 Å². The molecule has 0 unspecified atom stereocenters. The molecule has 0 radical (unpaired) electrons. The van der Waals surface area contributed by atoms with Crippen molar-refractivity contribution in [1.82, 2.24) is 4.90 Å². The molecule has 0 saturated carbocycles. The first-order valence-corrected chi connectivity index (χ1v) is 7.00. The van der Waals surface area contributed by atoms with Gasteiger partial charge in [0.05, 0.1) is 12.8 Å². The van der Waals surface area contributed by atoms with Gasteiger partial charge in [-0.15, -0.1) is 0 Å². The van der Waals surface area contributed by atoms with Crippen molar-refractivity contribution in [3.05, 3.63) is 72.0 Å². The first-order valence-electron chi connectivity index (χ1n) is 7.00. The highest BCUT2D eigenvalue weighted by molar-refractivity contribution is 5.80. The first kappa shape index (κ1) is 13.5. The van der Waals surface area contributed by atoms with Gasteiger partial charge in [0.25, 0.3) is 0 Å². The third-order valence-electron chi connectivity index (χ3n) is 3.36. The Morgan fingerprint density at radius 3 is 2.71 bits per heavy atom. The Morgan fingerprint density at radius 1 is 1.00 bits per heavy atom. The molecular weight excluding hydrogens is 258 g/mol. The second-order valence-electron chi connectivity index (χ2n) is 5.10. The molecule has 0 aliphatic carbocycles. The molecule has 0 aliphatic rings. The molecule has 3 aromatic rings. The Morgan fingerprint density at radius 2 is 1.86 bits per heavy atom. The zero-order valence-electron chi connectivity index (χ0n) is 12.0. The summed E-state index contributed by atoms with van der Waals surface area (Å²) in [5.74, 6) is 6.39. The number of furan rings is 1. The molecule has 2 aromatic carbocycles. The maximum atomic E-state index is 5.56. The summed E-state index contributed by atoms with van der Waals surface area (Å²) in [6.45, 7) is 1.56. The van der Waals surface area contributed by atoms with E-state index in [1.165, 1.54) is 5.56 Å². The predicted molar refractivity (Wildman–Crippen MR) is 85.9 cm³/mol. The fourth-order valence-electron chi connectivity index (χ4n) is 2.32. The van der Waals surface area contributed by atoms with E-state index in [0.717, 1.165) is 29.6 Å². The summed E-state index contributed by atoms with van der Waals surface area (Å²) in [5.41, 5.74) is 3.22. The molecule has 0 spiro atoms. The molecule has 0 atom stereocenters. The Balaban J connectivity index is 1.66. The third-order valence-corrected chi connectivity index (χ3v) is 3.36. The molecule has 21 heavy (non-hydrogen) atoms. The topological polar surface area (TPSA) is 16.4 Å². The molecule has 0 amide bonds. The smallest absolute Gasteiger partial charge is 0.138 e. The lowest BCUT2D eigenvalue weighted by Crippen LogP contribution is -2.18. The average molecular weight is 275 g/mol. The number of rotatable bonds is 3. The molecule has 0 aliphatic heterocycles. The minimum Gasteiger partial charge on any atom is -0.464 e. The number of fused-ring (bicyclic) bond motifs is 1. The van der Waals surface area contributed by atoms with Crippen LogP contribution in [0.5, 0.6) is 0 Å². The van der Waals surface area contributed by atoms with Gasteiger partial charge in [0.2, 0.25) is 0 Å². The van der Waals surface area contributed by atoms with E-state index in [9.17, 15) is 0 Å². The lowest BCUT2D eigenvalue weighted by molar-refractivity contribution is 0.368. The van der Waals surface area contributed by atoms with E-state index in [1.807, 2.05) is 36.4 Å². The van der Waals surface area contributed by atoms with Crippen LogP contribution < -0.4 is 0 Å². The number of hydrogen-bond donors (Lipinski definition) is 0. The highest BCUT2D eigenvalue weighted by Crippen LogP contribution is 2.20. The van der Waals surface area contributed by atoms with Crippen molar-refractivity contribution >= 4 is 11.0 Å². The molecule has 2 nitrogen and oxygen atoms in total. The monoisotopic (exact) mass is 275 g/mol. The van der Waals surface area contributed by atoms with E-state index in [1.54, 1.807) is 6.26 Å². The molecule has 0 bridgehead atoms. The van der Waals surface area contributed by atoms with E-state index in [-0.39, 0.29) is 0 Å². The van der Waals surface area contributed by atoms with Gasteiger partial charge in [-0.05, 0) is 25.2 Å². The van der Waals surface area contributed by atoms with E-state index < -0.39 is 0 Å². The van der Waals surface area contributed by atoms with Gasteiger partial charge in [-0.2, -0.15) is 0 Å². The number of para-hydroxylation sites is 1. The van der Waals surface area contributed by atoms with E-state index >= 15 is 0 Å². The summed E-state index contributed by atoms with van der Waals surface area (Å²) in [4.78, 5) is 2.19. The summed E-state index contributed by atoms with van der Waals surface area (Å²) in [7, 11) is 2.07. The van der Waals surface area contributed by atoms with Crippen molar-refractivity contribution in [3.8, 4) is 11.8 Å². The normalized spacial score (nSPS) is 10.6. The highest BCUT2D eigenvalue weighted by atomic mass is 16.3. The average Bonchev–Trinajstić information content (AvgIpc) is 2.98. The Kier molecular flexibility index (Phi) is 4.04. The van der Waals surface area contributed by atoms with E-state index in [4.69, 9.17) is 4.42 Å². The van der Waals surface area contributed by atoms with Gasteiger partial charge in [0.1, 0.15) is 5.58 Å². The predicted octanol–water partition coefficient (Wildman–Crippen LogP) is 3.92. The second kappa shape index (κ2) is 6.30. The van der Waals surface area contributed by atoms with Crippen molar-refractivity contribution in [2.24, 2.45) is 0 Å². The van der Waals surface area contributed by atoms with Crippen LogP contribution in [0.4, 0.5) is 0 Å². The van der Waals surface area contributed by atoms with Gasteiger partial charge >= 0.3 is 0 Å². The lowest BCUT2D eigenvalue weighted by atomic mass is 10.1. The standard InChI is InChI=1S/C19H17NO/c1-20(13-6-9-16-7-3-2-4-8-16)15-18-11-5-10-17-12-14-21-19(17)18/h2-5,7-8,10-12,14H,13,15H2,1H3. The summed E-state index contributed by atoms with van der Waals surface area (Å²) in [6, 6.07) is 18.3. The van der Waals surface area contributed by atoms with Crippen LogP contribution in [-0.2, 0) is 6.54 Å². The highest BCUT2D eigenvalue weighted by Gasteiger charge is 2.05. The van der Waals surface area contributed by atoms with Gasteiger partial charge in [0.15, 0.2) is 0 Å². The Bertz CT molecular complexity index is 777. The molecule has 1 aromatic heterocycles. The Hall–Kier alpha value is -2.50. The number of nitrogens with zero attached hydrogens (tertiary/aromatic N) is 1. The summed E-state index contributed by atoms with van der Waals surface area (Å²) in [6.07, 6.45) is 1.74. The fourth-order valence-corrected chi connectivity index (χ4v) is 2.32. The maximum Gasteiger partial charge on any atom is 0.138 e. The van der Waals surface area contributed by atoms with Crippen LogP contribution in [-0.4, -0.2) is 18.5 Å². The molecule has 1 heterocycles. The minimum atomic E-state index is 0.728. The van der Waals surface area contributed by atoms with Crippen LogP contribution in [0.15, 0.2) is 65.3 Å². The first-order chi connectivity index (χ1) is 10.3. The number of hydrogen-bond acceptors (Lipinski definition) is 2. The summed E-state index contributed by atoms with van der Waals surface area (Å²) < 4.78 is 5.56. The van der Waals surface area contributed by atoms with Crippen LogP contribution in [0.3, 0.4) is 0 Å². The van der Waals surface area contributed by atoms with Crippen LogP contribution >= 0.6 is 0 Å². The Labute approximate surface area is 125 Å². The summed E-state index contributed by atoms with van der Waals surface area (Å²) in [5, 5.41) is 1.15. The number of benzene rings is 2. The molecular formula is C19H17NO. The molecule has 0 saturated heterocycles. The fraction of sp³-hybridized carbons (Fsp3) is 0.158. The molecule has 2 heteroatoms. The van der Waals surface area contributed by atoms with Gasteiger partial charge in [-0.3, -0.25) is 4.90 Å². The zero-order chi connectivity index (χ0) is 14.5. The largest absolute Gasteiger partial charge is 0.464 e. The van der Waals surface area contributed by atoms with E-state index in [2.05, 4.69) is 42.0 Å². The molecule has 104 valence electrons. The van der Waals surface area contributed by atoms with Crippen molar-refractivity contribution in [1.29, 1.82) is 0 Å². The van der Waals surface area contributed by atoms with E-state index in [0.29, 0.717) is 0 Å². The zero-order valence-corrected chi connectivity index (χ0v) is 12.0. The van der Waals surface area contributed by atoms with Gasteiger partial charge in [-0.1, -0.05) is 48.2 Å². The van der Waals surface area contributed by atoms with Crippen LogP contribution in [0.25, 0.3) is 11.0 Å². The SMILES string of the molecule is CN(CC#Cc1ccccc1)Cc1cccc2ccoc12. The van der Waals surface area contributed by atoms with Gasteiger partial charge < -0.3 is 4.42 Å². The maximum absolute atomic E-state index is 5.56. The summed E-state index contributed by atoms with van der Waals surface area (Å²) >= 11 is 0. The third kappa shape index (κ3) is 3.34. The molecule has 0 N–H and O–H groups in total. The van der Waals surface area contributed by atoms with Crippen molar-refractivity contribution in [3.63, 3.8) is 0 Å². The molecule has 0 fully saturated rings. The quantitative estimate of drug-likeness (QED) is 0.674. The van der Waals surface area contributed by atoms with Gasteiger partial charge in [-0.25, -0.2) is 0 Å². The van der Waals surface area contributed by atoms with Crippen molar-refractivity contribution in [2.75, 3.05) is 13.6 Å². The van der Waals surface area contributed by atoms with Gasteiger partial charge in [0, 0.05) is 23.1 Å². The van der Waals surface area contributed by atoms with Crippen LogP contribution in [0.2, 0.25) is 0 Å².